The second kappa shape index (κ2) is 13.4. The molecule has 45 heavy (non-hydrogen) atoms. The smallest absolute Gasteiger partial charge is 0.323 e. The number of hydrogen-bond donors (Lipinski definition) is 3. The molecule has 0 atom stereocenters. The first kappa shape index (κ1) is 29.6. The van der Waals surface area contributed by atoms with Crippen molar-refractivity contribution in [2.24, 2.45) is 7.05 Å². The Hall–Kier alpha value is -5.51. The maximum atomic E-state index is 13.7. The lowest BCUT2D eigenvalue weighted by molar-refractivity contribution is -0.120. The third-order valence-electron chi connectivity index (χ3n) is 8.16. The quantitative estimate of drug-likeness (QED) is 0.274. The van der Waals surface area contributed by atoms with Gasteiger partial charge in [-0.1, -0.05) is 30.3 Å². The monoisotopic (exact) mass is 605 g/mol. The van der Waals surface area contributed by atoms with Gasteiger partial charge in [0.1, 0.15) is 17.5 Å². The molecule has 230 valence electrons. The van der Waals surface area contributed by atoms with Crippen LogP contribution < -0.4 is 25.8 Å². The number of benzene rings is 1. The number of piperazine rings is 1. The average molecular weight is 606 g/mol. The summed E-state index contributed by atoms with van der Waals surface area (Å²) in [6.07, 6.45) is 10.1. The van der Waals surface area contributed by atoms with Crippen LogP contribution in [0, 0.1) is 11.3 Å². The SMILES string of the molecule is Cn1cc(-c2ccc(N(C(=O)NCc3ccccc3)C3CCC(Nc4ncc(C#N)c(N5CCNC(=O)C5)n4)CC3)nc2)cn1. The van der Waals surface area contributed by atoms with Crippen molar-refractivity contribution in [3.05, 3.63) is 78.4 Å². The highest BCUT2D eigenvalue weighted by molar-refractivity contribution is 5.91. The van der Waals surface area contributed by atoms with Gasteiger partial charge in [0, 0.05) is 62.3 Å². The molecular weight excluding hydrogens is 570 g/mol. The van der Waals surface area contributed by atoms with Crippen molar-refractivity contribution in [3.8, 4) is 17.2 Å². The van der Waals surface area contributed by atoms with Crippen molar-refractivity contribution < 1.29 is 9.59 Å². The predicted octanol–water partition coefficient (Wildman–Crippen LogP) is 3.22. The van der Waals surface area contributed by atoms with E-state index in [4.69, 9.17) is 4.98 Å². The minimum Gasteiger partial charge on any atom is -0.353 e. The van der Waals surface area contributed by atoms with Crippen molar-refractivity contribution in [2.75, 3.05) is 34.8 Å². The summed E-state index contributed by atoms with van der Waals surface area (Å²) in [5.41, 5.74) is 3.24. The van der Waals surface area contributed by atoms with Crippen LogP contribution >= 0.6 is 0 Å². The van der Waals surface area contributed by atoms with Gasteiger partial charge in [-0.25, -0.2) is 14.8 Å². The van der Waals surface area contributed by atoms with Crippen molar-refractivity contribution in [2.45, 2.75) is 44.3 Å². The molecule has 1 saturated carbocycles. The van der Waals surface area contributed by atoms with Crippen LogP contribution in [0.15, 0.2) is 67.3 Å². The number of anilines is 3. The number of aryl methyl sites for hydroxylation is 1. The maximum Gasteiger partial charge on any atom is 0.323 e. The summed E-state index contributed by atoms with van der Waals surface area (Å²) in [5, 5.41) is 23.2. The number of nitrogens with one attached hydrogen (secondary N) is 3. The van der Waals surface area contributed by atoms with E-state index in [1.54, 1.807) is 26.9 Å². The van der Waals surface area contributed by atoms with Crippen LogP contribution in [-0.2, 0) is 18.4 Å². The molecule has 0 bridgehead atoms. The van der Waals surface area contributed by atoms with Gasteiger partial charge in [-0.15, -0.1) is 0 Å². The van der Waals surface area contributed by atoms with Crippen LogP contribution in [0.3, 0.4) is 0 Å². The number of carbonyl (C=O) groups excluding carboxylic acids is 2. The third-order valence-corrected chi connectivity index (χ3v) is 8.16. The van der Waals surface area contributed by atoms with Crippen LogP contribution in [0.5, 0.6) is 0 Å². The molecule has 13 nitrogen and oxygen atoms in total. The van der Waals surface area contributed by atoms with Gasteiger partial charge in [0.15, 0.2) is 5.82 Å². The summed E-state index contributed by atoms with van der Waals surface area (Å²) in [4.78, 5) is 42.9. The Kier molecular flexibility index (Phi) is 8.81. The lowest BCUT2D eigenvalue weighted by Gasteiger charge is -2.36. The molecule has 1 aromatic carbocycles. The molecule has 2 aliphatic rings. The van der Waals surface area contributed by atoms with Gasteiger partial charge in [-0.3, -0.25) is 14.4 Å². The number of aromatic nitrogens is 5. The first-order chi connectivity index (χ1) is 22.0. The lowest BCUT2D eigenvalue weighted by Crippen LogP contribution is -2.49. The molecule has 3 N–H and O–H groups in total. The largest absolute Gasteiger partial charge is 0.353 e. The molecule has 4 aromatic rings. The van der Waals surface area contributed by atoms with Gasteiger partial charge >= 0.3 is 6.03 Å². The van der Waals surface area contributed by atoms with Crippen LogP contribution in [0.4, 0.5) is 22.4 Å². The summed E-state index contributed by atoms with van der Waals surface area (Å²) in [7, 11) is 1.87. The molecule has 13 heteroatoms. The van der Waals surface area contributed by atoms with E-state index in [1.165, 1.54) is 6.20 Å². The Morgan fingerprint density at radius 3 is 2.58 bits per heavy atom. The second-order valence-electron chi connectivity index (χ2n) is 11.3. The lowest BCUT2D eigenvalue weighted by atomic mass is 9.90. The van der Waals surface area contributed by atoms with E-state index >= 15 is 0 Å². The summed E-state index contributed by atoms with van der Waals surface area (Å²) in [6, 6.07) is 15.7. The first-order valence-electron chi connectivity index (χ1n) is 15.1. The van der Waals surface area contributed by atoms with E-state index < -0.39 is 0 Å². The molecule has 2 fully saturated rings. The van der Waals surface area contributed by atoms with Gasteiger partial charge < -0.3 is 20.9 Å². The van der Waals surface area contributed by atoms with Crippen LogP contribution in [-0.4, -0.2) is 68.4 Å². The topological polar surface area (TPSA) is 157 Å². The molecule has 6 rings (SSSR count). The van der Waals surface area contributed by atoms with E-state index in [-0.39, 0.29) is 30.6 Å². The highest BCUT2D eigenvalue weighted by atomic mass is 16.2. The third kappa shape index (κ3) is 7.01. The summed E-state index contributed by atoms with van der Waals surface area (Å²) in [6.45, 7) is 1.63. The molecule has 1 saturated heterocycles. The van der Waals surface area contributed by atoms with Crippen LogP contribution in [0.1, 0.15) is 36.8 Å². The molecule has 0 unspecified atom stereocenters. The molecule has 3 aromatic heterocycles. The van der Waals surface area contributed by atoms with Crippen molar-refractivity contribution in [1.29, 1.82) is 5.26 Å². The standard InChI is InChI=1S/C32H35N11O2/c1-41-20-25(19-38-41)23-7-12-28(35-17-23)43(32(45)37-16-22-5-3-2-4-6-22)27-10-8-26(9-11-27)39-31-36-18-24(15-33)30(40-31)42-14-13-34-29(44)21-42/h2-7,12,17-20,26-27H,8-11,13-14,16,21H2,1H3,(H,34,44)(H,37,45)(H,36,39,40). The predicted molar refractivity (Wildman–Crippen MR) is 169 cm³/mol. The Morgan fingerprint density at radius 1 is 1.07 bits per heavy atom. The van der Waals surface area contributed by atoms with E-state index in [0.717, 1.165) is 42.4 Å². The van der Waals surface area contributed by atoms with Crippen molar-refractivity contribution in [3.63, 3.8) is 0 Å². The molecular formula is C32H35N11O2. The zero-order valence-corrected chi connectivity index (χ0v) is 25.1. The van der Waals surface area contributed by atoms with Crippen molar-refractivity contribution >= 4 is 29.5 Å². The number of nitriles is 1. The summed E-state index contributed by atoms with van der Waals surface area (Å²) in [5.74, 6) is 1.37. The summed E-state index contributed by atoms with van der Waals surface area (Å²) < 4.78 is 1.74. The van der Waals surface area contributed by atoms with Gasteiger partial charge in [-0.2, -0.15) is 15.3 Å². The van der Waals surface area contributed by atoms with Crippen LogP contribution in [0.2, 0.25) is 0 Å². The molecule has 1 aliphatic heterocycles. The minimum absolute atomic E-state index is 0.0557. The second-order valence-corrected chi connectivity index (χ2v) is 11.3. The number of carbonyl (C=O) groups is 2. The highest BCUT2D eigenvalue weighted by Gasteiger charge is 2.31. The van der Waals surface area contributed by atoms with E-state index in [9.17, 15) is 14.9 Å². The van der Waals surface area contributed by atoms with Gasteiger partial charge in [-0.05, 0) is 43.4 Å². The number of pyridine rings is 1. The Morgan fingerprint density at radius 2 is 1.89 bits per heavy atom. The number of hydrogen-bond acceptors (Lipinski definition) is 9. The Balaban J connectivity index is 1.15. The van der Waals surface area contributed by atoms with E-state index in [2.05, 4.69) is 37.1 Å². The fourth-order valence-electron chi connectivity index (χ4n) is 5.83. The molecule has 0 spiro atoms. The van der Waals surface area contributed by atoms with E-state index in [1.807, 2.05) is 55.7 Å². The number of urea groups is 1. The Labute approximate surface area is 261 Å². The average Bonchev–Trinajstić information content (AvgIpc) is 3.51. The first-order valence-corrected chi connectivity index (χ1v) is 15.1. The minimum atomic E-state index is -0.192. The zero-order chi connectivity index (χ0) is 31.2. The molecule has 0 radical (unpaired) electrons. The number of nitrogens with zero attached hydrogens (tertiary/aromatic N) is 8. The van der Waals surface area contributed by atoms with Gasteiger partial charge in [0.2, 0.25) is 11.9 Å². The normalized spacial score (nSPS) is 18.0. The molecule has 3 amide bonds. The summed E-state index contributed by atoms with van der Waals surface area (Å²) >= 11 is 0. The van der Waals surface area contributed by atoms with Crippen LogP contribution in [0.25, 0.3) is 11.1 Å². The van der Waals surface area contributed by atoms with Gasteiger partial charge in [0.25, 0.3) is 0 Å². The highest BCUT2D eigenvalue weighted by Crippen LogP contribution is 2.30. The van der Waals surface area contributed by atoms with Crippen molar-refractivity contribution in [1.82, 2.24) is 35.4 Å². The number of amides is 3. The zero-order valence-electron chi connectivity index (χ0n) is 25.1. The molecule has 1 aliphatic carbocycles. The molecule has 4 heterocycles. The fourth-order valence-corrected chi connectivity index (χ4v) is 5.83. The number of rotatable bonds is 8. The Bertz CT molecular complexity index is 1680. The maximum absolute atomic E-state index is 13.7. The van der Waals surface area contributed by atoms with Gasteiger partial charge in [0.05, 0.1) is 18.9 Å². The van der Waals surface area contributed by atoms with E-state index in [0.29, 0.717) is 42.8 Å². The fraction of sp³-hybridized carbons (Fsp3) is 0.344.